The molecule has 0 saturated heterocycles. The Kier molecular flexibility index (Phi) is 4.25. The monoisotopic (exact) mass is 364 g/mol. The highest BCUT2D eigenvalue weighted by Crippen LogP contribution is 2.36. The molecule has 2 aromatic carbocycles. The van der Waals surface area contributed by atoms with E-state index in [0.29, 0.717) is 17.8 Å². The summed E-state index contributed by atoms with van der Waals surface area (Å²) in [5, 5.41) is 22.6. The first-order valence-corrected chi connectivity index (χ1v) is 8.26. The molecule has 0 spiro atoms. The third-order valence-corrected chi connectivity index (χ3v) is 4.24. The first kappa shape index (κ1) is 16.7. The van der Waals surface area contributed by atoms with Crippen molar-refractivity contribution < 1.29 is 24.5 Å². The maximum atomic E-state index is 11.2. The van der Waals surface area contributed by atoms with Crippen LogP contribution in [0.5, 0.6) is 17.2 Å². The van der Waals surface area contributed by atoms with Gasteiger partial charge in [-0.15, -0.1) is 0 Å². The van der Waals surface area contributed by atoms with Crippen molar-refractivity contribution in [2.24, 2.45) is 0 Å². The summed E-state index contributed by atoms with van der Waals surface area (Å²) in [5.41, 5.74) is 2.64. The molecular formula is C20H16N2O5. The van der Waals surface area contributed by atoms with Crippen LogP contribution in [0.3, 0.4) is 0 Å². The maximum absolute atomic E-state index is 11.2. The lowest BCUT2D eigenvalue weighted by molar-refractivity contribution is 0.0696. The van der Waals surface area contributed by atoms with Gasteiger partial charge in [0.2, 0.25) is 6.79 Å². The zero-order valence-electron chi connectivity index (χ0n) is 14.2. The van der Waals surface area contributed by atoms with E-state index in [2.05, 4.69) is 10.3 Å². The predicted octanol–water partition coefficient (Wildman–Crippen LogP) is 3.49. The number of benzene rings is 2. The van der Waals surface area contributed by atoms with Gasteiger partial charge in [0, 0.05) is 29.6 Å². The van der Waals surface area contributed by atoms with Crippen LogP contribution in [0.15, 0.2) is 54.7 Å². The van der Waals surface area contributed by atoms with Crippen molar-refractivity contribution in [1.29, 1.82) is 0 Å². The van der Waals surface area contributed by atoms with Crippen molar-refractivity contribution in [2.75, 3.05) is 12.1 Å². The smallest absolute Gasteiger partial charge is 0.335 e. The van der Waals surface area contributed by atoms with Crippen LogP contribution in [0.2, 0.25) is 0 Å². The first-order chi connectivity index (χ1) is 13.1. The van der Waals surface area contributed by atoms with E-state index in [1.165, 1.54) is 18.3 Å². The lowest BCUT2D eigenvalue weighted by atomic mass is 10.1. The molecule has 0 saturated carbocycles. The second-order valence-electron chi connectivity index (χ2n) is 5.97. The fourth-order valence-electron chi connectivity index (χ4n) is 2.89. The average Bonchev–Trinajstić information content (AvgIpc) is 3.17. The molecule has 0 unspecified atom stereocenters. The van der Waals surface area contributed by atoms with Gasteiger partial charge in [0.25, 0.3) is 0 Å². The number of pyridine rings is 1. The number of aromatic carboxylic acids is 1. The Labute approximate surface area is 154 Å². The van der Waals surface area contributed by atoms with E-state index in [-0.39, 0.29) is 18.1 Å². The minimum Gasteiger partial charge on any atom is -0.507 e. The van der Waals surface area contributed by atoms with Gasteiger partial charge in [0.1, 0.15) is 5.75 Å². The molecule has 4 rings (SSSR count). The number of hydrogen-bond donors (Lipinski definition) is 3. The normalized spacial score (nSPS) is 12.0. The number of carbonyl (C=O) groups is 1. The van der Waals surface area contributed by atoms with E-state index in [9.17, 15) is 9.90 Å². The molecule has 0 fully saturated rings. The SMILES string of the molecule is O=C(O)c1ccnc(-c2cc(NCc3cccc4c3OCO4)ccc2O)c1. The molecule has 7 nitrogen and oxygen atoms in total. The number of anilines is 1. The summed E-state index contributed by atoms with van der Waals surface area (Å²) >= 11 is 0. The molecule has 7 heteroatoms. The number of rotatable bonds is 5. The van der Waals surface area contributed by atoms with Crippen molar-refractivity contribution in [3.8, 4) is 28.5 Å². The van der Waals surface area contributed by atoms with E-state index < -0.39 is 5.97 Å². The molecule has 1 aliphatic heterocycles. The Morgan fingerprint density at radius 3 is 2.89 bits per heavy atom. The molecule has 0 amide bonds. The largest absolute Gasteiger partial charge is 0.507 e. The average molecular weight is 364 g/mol. The van der Waals surface area contributed by atoms with E-state index in [4.69, 9.17) is 14.6 Å². The van der Waals surface area contributed by atoms with Gasteiger partial charge in [-0.1, -0.05) is 12.1 Å². The minimum atomic E-state index is -1.05. The predicted molar refractivity (Wildman–Crippen MR) is 98.2 cm³/mol. The van der Waals surface area contributed by atoms with Crippen molar-refractivity contribution in [1.82, 2.24) is 4.98 Å². The summed E-state index contributed by atoms with van der Waals surface area (Å²) in [7, 11) is 0. The van der Waals surface area contributed by atoms with E-state index in [1.807, 2.05) is 18.2 Å². The quantitative estimate of drug-likeness (QED) is 0.596. The van der Waals surface area contributed by atoms with Crippen LogP contribution < -0.4 is 14.8 Å². The number of ether oxygens (including phenoxy) is 2. The fourth-order valence-corrected chi connectivity index (χ4v) is 2.89. The number of aromatic nitrogens is 1. The van der Waals surface area contributed by atoms with Crippen LogP contribution >= 0.6 is 0 Å². The molecule has 0 atom stereocenters. The molecule has 3 N–H and O–H groups in total. The van der Waals surface area contributed by atoms with Crippen LogP contribution in [-0.4, -0.2) is 28.0 Å². The zero-order valence-corrected chi connectivity index (χ0v) is 14.2. The van der Waals surface area contributed by atoms with Crippen molar-refractivity contribution in [2.45, 2.75) is 6.54 Å². The third-order valence-electron chi connectivity index (χ3n) is 4.24. The summed E-state index contributed by atoms with van der Waals surface area (Å²) in [6, 6.07) is 13.5. The molecule has 136 valence electrons. The number of aromatic hydroxyl groups is 1. The van der Waals surface area contributed by atoms with Crippen molar-refractivity contribution in [3.05, 3.63) is 65.9 Å². The highest BCUT2D eigenvalue weighted by Gasteiger charge is 2.17. The Morgan fingerprint density at radius 2 is 2.04 bits per heavy atom. The van der Waals surface area contributed by atoms with Gasteiger partial charge in [-0.3, -0.25) is 4.98 Å². The van der Waals surface area contributed by atoms with Gasteiger partial charge in [-0.2, -0.15) is 0 Å². The number of fused-ring (bicyclic) bond motifs is 1. The Hall–Kier alpha value is -3.74. The molecule has 1 aromatic heterocycles. The van der Waals surface area contributed by atoms with Crippen molar-refractivity contribution >= 4 is 11.7 Å². The maximum Gasteiger partial charge on any atom is 0.335 e. The first-order valence-electron chi connectivity index (χ1n) is 8.26. The lowest BCUT2D eigenvalue weighted by Crippen LogP contribution is -2.02. The molecule has 3 aromatic rings. The highest BCUT2D eigenvalue weighted by atomic mass is 16.7. The van der Waals surface area contributed by atoms with Gasteiger partial charge in [-0.25, -0.2) is 4.79 Å². The lowest BCUT2D eigenvalue weighted by Gasteiger charge is -2.11. The summed E-state index contributed by atoms with van der Waals surface area (Å²) in [5.74, 6) is 0.413. The minimum absolute atomic E-state index is 0.0212. The molecule has 0 radical (unpaired) electrons. The van der Waals surface area contributed by atoms with E-state index in [0.717, 1.165) is 22.7 Å². The van der Waals surface area contributed by atoms with Gasteiger partial charge in [0.05, 0.1) is 11.3 Å². The summed E-state index contributed by atoms with van der Waals surface area (Å²) in [6.45, 7) is 0.709. The van der Waals surface area contributed by atoms with Crippen molar-refractivity contribution in [3.63, 3.8) is 0 Å². The number of carboxylic acids is 1. The molecule has 0 aliphatic carbocycles. The number of phenols is 1. The molecule has 0 bridgehead atoms. The zero-order chi connectivity index (χ0) is 18.8. The second kappa shape index (κ2) is 6.87. The van der Waals surface area contributed by atoms with Crippen LogP contribution in [0.4, 0.5) is 5.69 Å². The number of hydrogen-bond acceptors (Lipinski definition) is 6. The van der Waals surface area contributed by atoms with Crippen LogP contribution in [0, 0.1) is 0 Å². The second-order valence-corrected chi connectivity index (χ2v) is 5.97. The third kappa shape index (κ3) is 3.35. The van der Waals surface area contributed by atoms with Crippen LogP contribution in [0.1, 0.15) is 15.9 Å². The van der Waals surface area contributed by atoms with Gasteiger partial charge in [0.15, 0.2) is 11.5 Å². The van der Waals surface area contributed by atoms with Gasteiger partial charge >= 0.3 is 5.97 Å². The molecule has 27 heavy (non-hydrogen) atoms. The van der Waals surface area contributed by atoms with Gasteiger partial charge < -0.3 is 25.0 Å². The number of para-hydroxylation sites is 1. The Balaban J connectivity index is 1.59. The summed E-state index contributed by atoms with van der Waals surface area (Å²) < 4.78 is 10.9. The Morgan fingerprint density at radius 1 is 1.15 bits per heavy atom. The number of phenolic OH excluding ortho intramolecular Hbond substituents is 1. The van der Waals surface area contributed by atoms with Crippen LogP contribution in [0.25, 0.3) is 11.3 Å². The standard InChI is InChI=1S/C20H16N2O5/c23-17-5-4-14(9-15(17)16-8-12(20(24)25)6-7-21-16)22-10-13-2-1-3-18-19(13)27-11-26-18/h1-9,22-23H,10-11H2,(H,24,25). The summed E-state index contributed by atoms with van der Waals surface area (Å²) in [6.07, 6.45) is 1.41. The van der Waals surface area contributed by atoms with Gasteiger partial charge in [-0.05, 0) is 36.4 Å². The number of nitrogens with one attached hydrogen (secondary N) is 1. The number of carboxylic acid groups (broad SMARTS) is 1. The van der Waals surface area contributed by atoms with Crippen LogP contribution in [-0.2, 0) is 6.54 Å². The highest BCUT2D eigenvalue weighted by molar-refractivity contribution is 5.89. The molecule has 1 aliphatic rings. The van der Waals surface area contributed by atoms with E-state index in [1.54, 1.807) is 18.2 Å². The topological polar surface area (TPSA) is 101 Å². The Bertz CT molecular complexity index is 1020. The summed E-state index contributed by atoms with van der Waals surface area (Å²) in [4.78, 5) is 15.3. The molecule has 2 heterocycles. The molecular weight excluding hydrogens is 348 g/mol. The van der Waals surface area contributed by atoms with E-state index >= 15 is 0 Å². The fraction of sp³-hybridized carbons (Fsp3) is 0.100. The number of nitrogens with zero attached hydrogens (tertiary/aromatic N) is 1.